The number of fused-ring (bicyclic) bond motifs is 9. The fourth-order valence-electron chi connectivity index (χ4n) is 15.0. The minimum atomic E-state index is -0.225. The van der Waals surface area contributed by atoms with E-state index in [-0.39, 0.29) is 10.8 Å². The van der Waals surface area contributed by atoms with Crippen molar-refractivity contribution in [2.45, 2.75) is 59.3 Å². The van der Waals surface area contributed by atoms with Crippen LogP contribution in [0.5, 0.6) is 0 Å². The number of rotatable bonds is 12. The number of nitrogens with zero attached hydrogens (tertiary/aromatic N) is 2. The van der Waals surface area contributed by atoms with Gasteiger partial charge in [-0.1, -0.05) is 264 Å². The van der Waals surface area contributed by atoms with Gasteiger partial charge in [0, 0.05) is 44.7 Å². The average molecular weight is 1170 g/mol. The molecule has 0 amide bonds. The molecule has 0 saturated carbocycles. The minimum Gasteiger partial charge on any atom is -0.310 e. The molecule has 0 atom stereocenters. The van der Waals surface area contributed by atoms with Gasteiger partial charge in [-0.05, 0) is 215 Å². The average Bonchev–Trinajstić information content (AvgIpc) is 1.61. The summed E-state index contributed by atoms with van der Waals surface area (Å²) in [5, 5.41) is 2.53. The first-order valence-electron chi connectivity index (χ1n) is 32.0. The smallest absolute Gasteiger partial charge is 0.0540 e. The molecule has 0 aromatic heterocycles. The van der Waals surface area contributed by atoms with Crippen molar-refractivity contribution >= 4 is 69.2 Å². The molecule has 16 rings (SSSR count). The Morgan fingerprint density at radius 2 is 0.725 bits per heavy atom. The van der Waals surface area contributed by atoms with Crippen LogP contribution in [-0.2, 0) is 10.8 Å². The molecule has 0 bridgehead atoms. The Kier molecular flexibility index (Phi) is 13.3. The van der Waals surface area contributed by atoms with Gasteiger partial charge < -0.3 is 9.80 Å². The maximum absolute atomic E-state index is 2.50. The molecular weight excluding hydrogens is 1100 g/mol. The zero-order valence-electron chi connectivity index (χ0n) is 52.7. The van der Waals surface area contributed by atoms with Crippen molar-refractivity contribution in [1.29, 1.82) is 0 Å². The molecule has 13 aromatic carbocycles. The van der Waals surface area contributed by atoms with E-state index in [0.717, 1.165) is 34.1 Å². The molecular formula is C89H70N2. The second-order valence-electron chi connectivity index (χ2n) is 26.3. The molecule has 0 radical (unpaired) electrons. The molecule has 0 fully saturated rings. The summed E-state index contributed by atoms with van der Waals surface area (Å²) in [6, 6.07) is 102. The molecule has 0 N–H and O–H groups in total. The van der Waals surface area contributed by atoms with Gasteiger partial charge in [-0.3, -0.25) is 0 Å². The summed E-state index contributed by atoms with van der Waals surface area (Å²) in [5.41, 5.74) is 35.4. The molecule has 0 heterocycles. The third-order valence-electron chi connectivity index (χ3n) is 19.9. The van der Waals surface area contributed by atoms with Crippen molar-refractivity contribution in [2.24, 2.45) is 0 Å². The first kappa shape index (κ1) is 55.5. The van der Waals surface area contributed by atoms with Crippen LogP contribution < -0.4 is 9.80 Å². The van der Waals surface area contributed by atoms with Gasteiger partial charge in [0.25, 0.3) is 0 Å². The van der Waals surface area contributed by atoms with Crippen LogP contribution in [-0.4, -0.2) is 0 Å². The van der Waals surface area contributed by atoms with E-state index in [4.69, 9.17) is 0 Å². The second-order valence-corrected chi connectivity index (χ2v) is 26.3. The lowest BCUT2D eigenvalue weighted by Crippen LogP contribution is -2.17. The summed E-state index contributed by atoms with van der Waals surface area (Å²) in [4.78, 5) is 4.98. The van der Waals surface area contributed by atoms with Crippen LogP contribution in [0.15, 0.2) is 273 Å². The van der Waals surface area contributed by atoms with Crippen LogP contribution >= 0.6 is 0 Å². The van der Waals surface area contributed by atoms with E-state index in [2.05, 4.69) is 356 Å². The summed E-state index contributed by atoms with van der Waals surface area (Å²) < 4.78 is 0. The fourth-order valence-corrected chi connectivity index (χ4v) is 15.0. The van der Waals surface area contributed by atoms with Crippen LogP contribution in [0.4, 0.5) is 34.1 Å². The standard InChI is InChI=1S/C89H70N2/c1-57-27-29-61(30-28-57)32-34-63-36-45-73-75-47-42-69(55-83(75)88(4,5)82(73)53-63)90(67-40-37-65(38-41-67)64-20-12-9-13-21-64)85-26-16-23-71(59(85)3)66-39-46-72-78-49-50-86(79-25-15-24-77(87(78)79)80(72)54-66)91(68-22-14-17-58(2)51-68)70-43-48-76-74-44-35-62(33-31-60-18-10-8-11-19-60)52-81(74)89(6,7)84(76)56-70/h8-56H,1-7H3. The SMILES string of the molecule is Cc1ccc(C=Cc2ccc3c(c2)C(C)(C)c2cc(N(c4ccc(-c5ccccc5)cc4)c4cccc(-c5ccc6c(c5)-c5cccc7c(N(c8cccc(C)c8)c8ccc9c(c8)C(C)(C)c8cc(C=Cc%10ccccc%10)ccc8-9)ccc-6c57)c4C)ccc2-3)cc1. The van der Waals surface area contributed by atoms with E-state index in [1.165, 1.54) is 139 Å². The minimum absolute atomic E-state index is 0.209. The molecule has 91 heavy (non-hydrogen) atoms. The Labute approximate surface area is 536 Å². The molecule has 3 aliphatic carbocycles. The van der Waals surface area contributed by atoms with Gasteiger partial charge in [-0.25, -0.2) is 0 Å². The maximum Gasteiger partial charge on any atom is 0.0540 e. The molecule has 436 valence electrons. The van der Waals surface area contributed by atoms with Gasteiger partial charge in [-0.15, -0.1) is 0 Å². The summed E-state index contributed by atoms with van der Waals surface area (Å²) in [7, 11) is 0. The summed E-state index contributed by atoms with van der Waals surface area (Å²) in [6.07, 6.45) is 8.92. The van der Waals surface area contributed by atoms with Crippen LogP contribution in [0.2, 0.25) is 0 Å². The summed E-state index contributed by atoms with van der Waals surface area (Å²) >= 11 is 0. The van der Waals surface area contributed by atoms with Crippen molar-refractivity contribution in [3.05, 3.63) is 334 Å². The van der Waals surface area contributed by atoms with Crippen LogP contribution in [0, 0.1) is 20.8 Å². The van der Waals surface area contributed by atoms with Gasteiger partial charge in [0.15, 0.2) is 0 Å². The summed E-state index contributed by atoms with van der Waals surface area (Å²) in [6.45, 7) is 16.2. The third kappa shape index (κ3) is 9.47. The molecule has 0 spiro atoms. The lowest BCUT2D eigenvalue weighted by Gasteiger charge is -2.30. The fraction of sp³-hybridized carbons (Fsp3) is 0.101. The first-order valence-corrected chi connectivity index (χ1v) is 32.0. The first-order chi connectivity index (χ1) is 44.3. The number of hydrogen-bond acceptors (Lipinski definition) is 2. The van der Waals surface area contributed by atoms with Crippen molar-refractivity contribution in [1.82, 2.24) is 0 Å². The highest BCUT2D eigenvalue weighted by Crippen LogP contribution is 2.56. The molecule has 0 saturated heterocycles. The van der Waals surface area contributed by atoms with Gasteiger partial charge in [0.2, 0.25) is 0 Å². The van der Waals surface area contributed by atoms with Gasteiger partial charge in [-0.2, -0.15) is 0 Å². The zero-order valence-corrected chi connectivity index (χ0v) is 52.7. The third-order valence-corrected chi connectivity index (χ3v) is 19.9. The Bertz CT molecular complexity index is 5120. The Morgan fingerprint density at radius 1 is 0.264 bits per heavy atom. The zero-order chi connectivity index (χ0) is 61.7. The lowest BCUT2D eigenvalue weighted by atomic mass is 9.81. The predicted octanol–water partition coefficient (Wildman–Crippen LogP) is 24.6. The molecule has 0 aliphatic heterocycles. The van der Waals surface area contributed by atoms with Crippen LogP contribution in [0.1, 0.15) is 88.9 Å². The molecule has 3 aliphatic rings. The van der Waals surface area contributed by atoms with Crippen LogP contribution in [0.3, 0.4) is 0 Å². The van der Waals surface area contributed by atoms with Crippen molar-refractivity contribution in [3.8, 4) is 66.8 Å². The van der Waals surface area contributed by atoms with Crippen molar-refractivity contribution < 1.29 is 0 Å². The quantitative estimate of drug-likeness (QED) is 0.113. The topological polar surface area (TPSA) is 6.48 Å². The largest absolute Gasteiger partial charge is 0.310 e. The van der Waals surface area contributed by atoms with Gasteiger partial charge in [0.1, 0.15) is 0 Å². The Hall–Kier alpha value is -10.8. The number of anilines is 6. The van der Waals surface area contributed by atoms with Gasteiger partial charge in [0.05, 0.1) is 5.69 Å². The van der Waals surface area contributed by atoms with E-state index in [1.807, 2.05) is 0 Å². The van der Waals surface area contributed by atoms with Gasteiger partial charge >= 0.3 is 0 Å². The number of benzene rings is 13. The Balaban J connectivity index is 0.763. The van der Waals surface area contributed by atoms with Crippen LogP contribution in [0.25, 0.3) is 102 Å². The molecule has 13 aromatic rings. The van der Waals surface area contributed by atoms with E-state index in [0.29, 0.717) is 0 Å². The normalized spacial score (nSPS) is 13.5. The van der Waals surface area contributed by atoms with Crippen molar-refractivity contribution in [3.63, 3.8) is 0 Å². The highest BCUT2D eigenvalue weighted by Gasteiger charge is 2.38. The highest BCUT2D eigenvalue weighted by atomic mass is 15.2. The predicted molar refractivity (Wildman–Crippen MR) is 389 cm³/mol. The van der Waals surface area contributed by atoms with E-state index >= 15 is 0 Å². The summed E-state index contributed by atoms with van der Waals surface area (Å²) in [5.74, 6) is 0. The second kappa shape index (κ2) is 21.8. The number of aryl methyl sites for hydroxylation is 2. The highest BCUT2D eigenvalue weighted by molar-refractivity contribution is 6.19. The van der Waals surface area contributed by atoms with E-state index < -0.39 is 0 Å². The Morgan fingerprint density at radius 3 is 1.36 bits per heavy atom. The monoisotopic (exact) mass is 1170 g/mol. The molecule has 2 nitrogen and oxygen atoms in total. The maximum atomic E-state index is 2.50. The molecule has 2 heteroatoms. The van der Waals surface area contributed by atoms with E-state index in [9.17, 15) is 0 Å². The molecule has 0 unspecified atom stereocenters. The van der Waals surface area contributed by atoms with E-state index in [1.54, 1.807) is 0 Å². The lowest BCUT2D eigenvalue weighted by molar-refractivity contribution is 0.660. The van der Waals surface area contributed by atoms with Crippen molar-refractivity contribution in [2.75, 3.05) is 9.80 Å². The number of hydrogen-bond donors (Lipinski definition) is 0.